The third kappa shape index (κ3) is 5.33. The Morgan fingerprint density at radius 3 is 2.78 bits per heavy atom. The smallest absolute Gasteiger partial charge is 0.404 e. The van der Waals surface area contributed by atoms with Crippen LogP contribution in [0.4, 0.5) is 10.6 Å². The number of carbonyl (C=O) groups is 1. The molecule has 2 heterocycles. The number of amides is 1. The van der Waals surface area contributed by atoms with Crippen molar-refractivity contribution in [3.8, 4) is 0 Å². The number of hydrogen-bond acceptors (Lipinski definition) is 5. The van der Waals surface area contributed by atoms with Crippen molar-refractivity contribution in [1.29, 1.82) is 0 Å². The molecule has 0 spiro atoms. The normalized spacial score (nSPS) is 19.7. The Kier molecular flexibility index (Phi) is 5.92. The van der Waals surface area contributed by atoms with E-state index in [-0.39, 0.29) is 17.4 Å². The van der Waals surface area contributed by atoms with E-state index in [1.54, 1.807) is 0 Å². The van der Waals surface area contributed by atoms with Crippen molar-refractivity contribution in [2.75, 3.05) is 11.9 Å². The first-order valence-electron chi connectivity index (χ1n) is 9.07. The molecule has 0 bridgehead atoms. The summed E-state index contributed by atoms with van der Waals surface area (Å²) in [6.07, 6.45) is 2.37. The molecule has 1 aliphatic carbocycles. The summed E-state index contributed by atoms with van der Waals surface area (Å²) in [5.74, 6) is 0.671. The fraction of sp³-hybridized carbons (Fsp3) is 0.588. The predicted molar refractivity (Wildman–Crippen MR) is 108 cm³/mol. The van der Waals surface area contributed by atoms with E-state index < -0.39 is 14.2 Å². The van der Waals surface area contributed by atoms with Gasteiger partial charge in [0.05, 0.1) is 5.39 Å². The summed E-state index contributed by atoms with van der Waals surface area (Å²) >= 11 is 6.12. The summed E-state index contributed by atoms with van der Waals surface area (Å²) in [6, 6.07) is 3.20. The van der Waals surface area contributed by atoms with Gasteiger partial charge in [-0.15, -0.1) is 0 Å². The molecule has 3 N–H and O–H groups in total. The zero-order chi connectivity index (χ0) is 19.6. The van der Waals surface area contributed by atoms with Gasteiger partial charge >= 0.3 is 6.09 Å². The highest BCUT2D eigenvalue weighted by Gasteiger charge is 2.31. The van der Waals surface area contributed by atoms with Crippen molar-refractivity contribution in [2.45, 2.75) is 57.3 Å². The van der Waals surface area contributed by atoms with E-state index >= 15 is 0 Å². The maximum absolute atomic E-state index is 10.7. The van der Waals surface area contributed by atoms with Crippen LogP contribution in [0.5, 0.6) is 0 Å². The molecule has 148 valence electrons. The van der Waals surface area contributed by atoms with E-state index in [2.05, 4.69) is 40.2 Å². The summed E-state index contributed by atoms with van der Waals surface area (Å²) in [5, 5.41) is 15.6. The number of hydrogen-bond donors (Lipinski definition) is 3. The van der Waals surface area contributed by atoms with E-state index in [4.69, 9.17) is 21.4 Å². The minimum Gasteiger partial charge on any atom is -0.465 e. The number of nitrogens with zero attached hydrogens (tertiary/aromatic N) is 3. The number of anilines is 1. The molecule has 0 radical (unpaired) electrons. The zero-order valence-corrected chi connectivity index (χ0v) is 17.6. The van der Waals surface area contributed by atoms with Gasteiger partial charge in [0.1, 0.15) is 18.2 Å². The first kappa shape index (κ1) is 19.9. The average Bonchev–Trinajstić information content (AvgIpc) is 2.91. The molecule has 27 heavy (non-hydrogen) atoms. The fourth-order valence-corrected chi connectivity index (χ4v) is 3.94. The van der Waals surface area contributed by atoms with E-state index in [1.165, 1.54) is 0 Å². The van der Waals surface area contributed by atoms with Gasteiger partial charge in [-0.25, -0.2) is 9.78 Å². The van der Waals surface area contributed by atoms with Crippen LogP contribution in [0.15, 0.2) is 12.3 Å². The van der Waals surface area contributed by atoms with Crippen molar-refractivity contribution < 1.29 is 14.6 Å². The molecule has 2 aromatic heterocycles. The third-order valence-electron chi connectivity index (χ3n) is 4.62. The molecule has 10 heteroatoms. The Balaban J connectivity index is 1.64. The number of rotatable bonds is 8. The van der Waals surface area contributed by atoms with Crippen molar-refractivity contribution in [3.05, 3.63) is 17.5 Å². The average molecular weight is 412 g/mol. The van der Waals surface area contributed by atoms with Gasteiger partial charge < -0.3 is 25.0 Å². The quantitative estimate of drug-likeness (QED) is 0.348. The van der Waals surface area contributed by atoms with Crippen LogP contribution in [0.1, 0.15) is 12.8 Å². The van der Waals surface area contributed by atoms with Crippen LogP contribution >= 0.6 is 11.6 Å². The van der Waals surface area contributed by atoms with E-state index in [0.29, 0.717) is 12.5 Å². The van der Waals surface area contributed by atoms with Crippen LogP contribution < -0.4 is 10.6 Å². The Bertz CT molecular complexity index is 817. The van der Waals surface area contributed by atoms with Gasteiger partial charge in [-0.2, -0.15) is 4.98 Å². The molecule has 1 aliphatic rings. The molecule has 8 nitrogen and oxygen atoms in total. The fourth-order valence-electron chi connectivity index (χ4n) is 3.02. The van der Waals surface area contributed by atoms with Gasteiger partial charge in [-0.3, -0.25) is 0 Å². The van der Waals surface area contributed by atoms with Gasteiger partial charge in [0.15, 0.2) is 0 Å². The van der Waals surface area contributed by atoms with Crippen LogP contribution in [0.25, 0.3) is 11.0 Å². The lowest BCUT2D eigenvalue weighted by atomic mass is 9.87. The number of aromatic nitrogens is 3. The molecule has 1 fully saturated rings. The highest BCUT2D eigenvalue weighted by atomic mass is 35.5. The first-order valence-corrected chi connectivity index (χ1v) is 13.2. The Morgan fingerprint density at radius 1 is 1.37 bits per heavy atom. The molecular weight excluding hydrogens is 386 g/mol. The van der Waals surface area contributed by atoms with Gasteiger partial charge in [-0.1, -0.05) is 19.6 Å². The SMILES string of the molecule is C[Si](C)(C)CCOCn1ccc2c(NC3CC(NC(=O)O)C3)nc(Cl)nc21. The summed E-state index contributed by atoms with van der Waals surface area (Å²) in [7, 11) is -1.12. The lowest BCUT2D eigenvalue weighted by Crippen LogP contribution is -2.49. The number of fused-ring (bicyclic) bond motifs is 1. The molecule has 0 saturated heterocycles. The molecule has 0 atom stereocenters. The van der Waals surface area contributed by atoms with Gasteiger partial charge in [0.25, 0.3) is 0 Å². The summed E-state index contributed by atoms with van der Waals surface area (Å²) in [6.45, 7) is 8.13. The molecule has 1 amide bonds. The Labute approximate surface area is 164 Å². The Hall–Kier alpha value is -1.84. The van der Waals surface area contributed by atoms with Crippen molar-refractivity contribution in [3.63, 3.8) is 0 Å². The third-order valence-corrected chi connectivity index (χ3v) is 6.50. The minimum atomic E-state index is -1.12. The topological polar surface area (TPSA) is 101 Å². The van der Waals surface area contributed by atoms with E-state index in [9.17, 15) is 4.79 Å². The van der Waals surface area contributed by atoms with Crippen molar-refractivity contribution in [2.24, 2.45) is 0 Å². The van der Waals surface area contributed by atoms with E-state index in [0.717, 1.165) is 36.5 Å². The number of carboxylic acid groups (broad SMARTS) is 1. The second-order valence-corrected chi connectivity index (χ2v) is 14.1. The molecule has 0 aromatic carbocycles. The van der Waals surface area contributed by atoms with E-state index in [1.807, 2.05) is 16.8 Å². The molecule has 2 aromatic rings. The largest absolute Gasteiger partial charge is 0.465 e. The van der Waals surface area contributed by atoms with Crippen LogP contribution in [-0.4, -0.2) is 52.5 Å². The van der Waals surface area contributed by atoms with Gasteiger partial charge in [0.2, 0.25) is 5.28 Å². The molecule has 3 rings (SSSR count). The van der Waals surface area contributed by atoms with Gasteiger partial charge in [-0.05, 0) is 36.6 Å². The second-order valence-electron chi connectivity index (χ2n) is 8.17. The monoisotopic (exact) mass is 411 g/mol. The second kappa shape index (κ2) is 8.03. The highest BCUT2D eigenvalue weighted by Crippen LogP contribution is 2.29. The van der Waals surface area contributed by atoms with Crippen LogP contribution in [0.2, 0.25) is 31.0 Å². The number of nitrogens with one attached hydrogen (secondary N) is 2. The molecule has 1 saturated carbocycles. The van der Waals surface area contributed by atoms with Gasteiger partial charge in [0, 0.05) is 33.0 Å². The summed E-state index contributed by atoms with van der Waals surface area (Å²) in [5.41, 5.74) is 0.727. The van der Waals surface area contributed by atoms with Crippen molar-refractivity contribution in [1.82, 2.24) is 19.9 Å². The highest BCUT2D eigenvalue weighted by molar-refractivity contribution is 6.76. The summed E-state index contributed by atoms with van der Waals surface area (Å²) < 4.78 is 7.74. The maximum Gasteiger partial charge on any atom is 0.404 e. The van der Waals surface area contributed by atoms with Crippen LogP contribution in [0.3, 0.4) is 0 Å². The van der Waals surface area contributed by atoms with Crippen molar-refractivity contribution >= 4 is 42.6 Å². The first-order chi connectivity index (χ1) is 12.7. The van der Waals surface area contributed by atoms with Crippen LogP contribution in [0, 0.1) is 0 Å². The lowest BCUT2D eigenvalue weighted by Gasteiger charge is -2.35. The Morgan fingerprint density at radius 2 is 2.11 bits per heavy atom. The van der Waals surface area contributed by atoms with Crippen LogP contribution in [-0.2, 0) is 11.5 Å². The molecule has 0 unspecified atom stereocenters. The molecular formula is C17H26ClN5O3Si. The number of halogens is 1. The standard InChI is InChI=1S/C17H26ClN5O3Si/c1-27(2,3)7-6-26-10-23-5-4-13-14(21-16(18)22-15(13)23)19-11-8-12(9-11)20-17(24)25/h4-5,11-12,20H,6-10H2,1-3H3,(H,24,25)(H,19,21,22). The maximum atomic E-state index is 10.7. The minimum absolute atomic E-state index is 0.0165. The molecule has 0 aliphatic heterocycles. The number of ether oxygens (including phenoxy) is 1. The lowest BCUT2D eigenvalue weighted by molar-refractivity contribution is 0.0899. The zero-order valence-electron chi connectivity index (χ0n) is 15.8. The predicted octanol–water partition coefficient (Wildman–Crippen LogP) is 3.61. The summed E-state index contributed by atoms with van der Waals surface area (Å²) in [4.78, 5) is 19.3.